The first kappa shape index (κ1) is 30.6. The Morgan fingerprint density at radius 2 is 1.78 bits per heavy atom. The van der Waals surface area contributed by atoms with Crippen LogP contribution in [0.1, 0.15) is 70.9 Å². The highest BCUT2D eigenvalue weighted by molar-refractivity contribution is 5.85. The standard InChI is InChI=1S/C28H41N3O3.2ClH/c1-4-5-11-26-24(21-12-14-23(15-13-21)34-22-9-7-6-8-10-22)18-28(31-30-26)33-20(2)25-19-29-17-16-27(25)32-3;;/h12-15,18,20,22,25,27,29H,4-11,16-17,19H2,1-3H3;2*1H. The molecular weight excluding hydrogens is 497 g/mol. The average Bonchev–Trinajstić information content (AvgIpc) is 2.89. The number of benzene rings is 1. The molecule has 1 aliphatic heterocycles. The van der Waals surface area contributed by atoms with Gasteiger partial charge in [-0.25, -0.2) is 0 Å². The average molecular weight is 541 g/mol. The van der Waals surface area contributed by atoms with E-state index in [1.165, 1.54) is 19.3 Å². The molecular formula is C28H43Cl2N3O3. The maximum atomic E-state index is 6.31. The van der Waals surface area contributed by atoms with Gasteiger partial charge < -0.3 is 19.5 Å². The van der Waals surface area contributed by atoms with Crippen molar-refractivity contribution in [3.05, 3.63) is 36.0 Å². The normalized spacial score (nSPS) is 21.1. The highest BCUT2D eigenvalue weighted by atomic mass is 35.5. The van der Waals surface area contributed by atoms with Crippen molar-refractivity contribution in [1.82, 2.24) is 15.5 Å². The Kier molecular flexibility index (Phi) is 13.3. The molecule has 0 bridgehead atoms. The molecule has 1 saturated carbocycles. The van der Waals surface area contributed by atoms with Crippen molar-refractivity contribution in [2.45, 2.75) is 89.9 Å². The number of methoxy groups -OCH3 is 1. The number of piperidine rings is 1. The van der Waals surface area contributed by atoms with Crippen LogP contribution in [0.3, 0.4) is 0 Å². The summed E-state index contributed by atoms with van der Waals surface area (Å²) in [6, 6.07) is 10.5. The second kappa shape index (κ2) is 15.6. The molecule has 1 aromatic heterocycles. The van der Waals surface area contributed by atoms with Crippen LogP contribution in [0.4, 0.5) is 0 Å². The van der Waals surface area contributed by atoms with Crippen molar-refractivity contribution in [2.24, 2.45) is 5.92 Å². The first-order valence-electron chi connectivity index (χ1n) is 13.2. The van der Waals surface area contributed by atoms with Gasteiger partial charge in [0, 0.05) is 31.2 Å². The summed E-state index contributed by atoms with van der Waals surface area (Å²) in [4.78, 5) is 0. The number of aromatic nitrogens is 2. The van der Waals surface area contributed by atoms with E-state index in [9.17, 15) is 0 Å². The summed E-state index contributed by atoms with van der Waals surface area (Å²) in [7, 11) is 1.79. The largest absolute Gasteiger partial charge is 0.490 e. The van der Waals surface area contributed by atoms with Crippen LogP contribution in [0.2, 0.25) is 0 Å². The summed E-state index contributed by atoms with van der Waals surface area (Å²) in [5.41, 5.74) is 3.25. The van der Waals surface area contributed by atoms with E-state index < -0.39 is 0 Å². The number of nitrogens with zero attached hydrogens (tertiary/aromatic N) is 2. The lowest BCUT2D eigenvalue weighted by Crippen LogP contribution is -2.47. The lowest BCUT2D eigenvalue weighted by Gasteiger charge is -2.34. The molecule has 0 spiro atoms. The molecule has 4 rings (SSSR count). The van der Waals surface area contributed by atoms with Crippen molar-refractivity contribution in [1.29, 1.82) is 0 Å². The van der Waals surface area contributed by atoms with E-state index in [1.54, 1.807) is 7.11 Å². The van der Waals surface area contributed by atoms with Gasteiger partial charge in [-0.3, -0.25) is 0 Å². The molecule has 1 N–H and O–H groups in total. The van der Waals surface area contributed by atoms with Crippen molar-refractivity contribution < 1.29 is 14.2 Å². The minimum absolute atomic E-state index is 0. The number of hydrogen-bond donors (Lipinski definition) is 1. The van der Waals surface area contributed by atoms with Crippen molar-refractivity contribution in [3.63, 3.8) is 0 Å². The van der Waals surface area contributed by atoms with Crippen LogP contribution in [0.25, 0.3) is 11.1 Å². The smallest absolute Gasteiger partial charge is 0.234 e. The van der Waals surface area contributed by atoms with Gasteiger partial charge in [0.15, 0.2) is 0 Å². The number of rotatable bonds is 10. The zero-order valence-corrected chi connectivity index (χ0v) is 23.5. The summed E-state index contributed by atoms with van der Waals surface area (Å²) in [5.74, 6) is 1.80. The van der Waals surface area contributed by atoms with Gasteiger partial charge >= 0.3 is 0 Å². The number of ether oxygens (including phenoxy) is 3. The Balaban J connectivity index is 0.00000228. The van der Waals surface area contributed by atoms with Gasteiger partial charge in [0.1, 0.15) is 11.9 Å². The Morgan fingerprint density at radius 3 is 2.47 bits per heavy atom. The van der Waals surface area contributed by atoms with Crippen LogP contribution in [0.15, 0.2) is 30.3 Å². The van der Waals surface area contributed by atoms with Gasteiger partial charge in [-0.2, -0.15) is 5.10 Å². The topological polar surface area (TPSA) is 65.5 Å². The quantitative estimate of drug-likeness (QED) is 0.375. The number of unbranched alkanes of at least 4 members (excludes halogenated alkanes) is 1. The third kappa shape index (κ3) is 8.20. The van der Waals surface area contributed by atoms with E-state index in [-0.39, 0.29) is 42.9 Å². The van der Waals surface area contributed by atoms with E-state index in [0.29, 0.717) is 12.0 Å². The zero-order valence-electron chi connectivity index (χ0n) is 21.9. The maximum Gasteiger partial charge on any atom is 0.234 e. The SMILES string of the molecule is CCCCc1nnc(OC(C)C2CNCCC2OC)cc1-c1ccc(OC2CCCCC2)cc1.Cl.Cl. The summed E-state index contributed by atoms with van der Waals surface area (Å²) < 4.78 is 18.3. The number of hydrogen-bond acceptors (Lipinski definition) is 6. The molecule has 2 heterocycles. The van der Waals surface area contributed by atoms with Crippen LogP contribution in [-0.2, 0) is 11.2 Å². The number of halogens is 2. The number of aryl methyl sites for hydroxylation is 1. The van der Waals surface area contributed by atoms with Crippen molar-refractivity contribution in [2.75, 3.05) is 20.2 Å². The lowest BCUT2D eigenvalue weighted by molar-refractivity contribution is -0.0160. The molecule has 1 aromatic carbocycles. The summed E-state index contributed by atoms with van der Waals surface area (Å²) in [6.45, 7) is 6.18. The molecule has 2 aromatic rings. The lowest BCUT2D eigenvalue weighted by atomic mass is 9.91. The summed E-state index contributed by atoms with van der Waals surface area (Å²) in [6.07, 6.45) is 10.9. The van der Waals surface area contributed by atoms with Crippen LogP contribution in [0, 0.1) is 5.92 Å². The molecule has 36 heavy (non-hydrogen) atoms. The monoisotopic (exact) mass is 539 g/mol. The Hall–Kier alpha value is -1.60. The molecule has 3 unspecified atom stereocenters. The van der Waals surface area contributed by atoms with E-state index in [0.717, 1.165) is 74.2 Å². The Labute approximate surface area is 229 Å². The fourth-order valence-electron chi connectivity index (χ4n) is 5.22. The molecule has 2 fully saturated rings. The molecule has 8 heteroatoms. The predicted molar refractivity (Wildman–Crippen MR) is 150 cm³/mol. The molecule has 0 radical (unpaired) electrons. The molecule has 202 valence electrons. The highest BCUT2D eigenvalue weighted by Crippen LogP contribution is 2.31. The first-order valence-corrected chi connectivity index (χ1v) is 13.2. The first-order chi connectivity index (χ1) is 16.7. The third-order valence-electron chi connectivity index (χ3n) is 7.31. The van der Waals surface area contributed by atoms with Gasteiger partial charge in [0.05, 0.1) is 17.9 Å². The van der Waals surface area contributed by atoms with Crippen LogP contribution in [-0.4, -0.2) is 48.7 Å². The molecule has 1 saturated heterocycles. The maximum absolute atomic E-state index is 6.31. The van der Waals surface area contributed by atoms with Gasteiger partial charge in [-0.15, -0.1) is 29.9 Å². The van der Waals surface area contributed by atoms with Crippen LogP contribution in [0.5, 0.6) is 11.6 Å². The Bertz CT molecular complexity index is 894. The number of nitrogens with one attached hydrogen (secondary N) is 1. The van der Waals surface area contributed by atoms with E-state index in [4.69, 9.17) is 14.2 Å². The molecule has 2 aliphatic rings. The fourth-order valence-corrected chi connectivity index (χ4v) is 5.22. The molecule has 1 aliphatic carbocycles. The Morgan fingerprint density at radius 1 is 1.03 bits per heavy atom. The van der Waals surface area contributed by atoms with Gasteiger partial charge in [-0.1, -0.05) is 31.9 Å². The molecule has 6 nitrogen and oxygen atoms in total. The summed E-state index contributed by atoms with van der Waals surface area (Å²) in [5, 5.41) is 12.5. The zero-order chi connectivity index (χ0) is 23.8. The van der Waals surface area contributed by atoms with E-state index in [2.05, 4.69) is 59.7 Å². The van der Waals surface area contributed by atoms with Crippen molar-refractivity contribution in [3.8, 4) is 22.8 Å². The predicted octanol–water partition coefficient (Wildman–Crippen LogP) is 6.43. The third-order valence-corrected chi connectivity index (χ3v) is 7.31. The second-order valence-corrected chi connectivity index (χ2v) is 9.80. The molecule has 0 amide bonds. The summed E-state index contributed by atoms with van der Waals surface area (Å²) >= 11 is 0. The molecule has 3 atom stereocenters. The van der Waals surface area contributed by atoms with E-state index in [1.807, 2.05) is 0 Å². The van der Waals surface area contributed by atoms with Gasteiger partial charge in [0.2, 0.25) is 5.88 Å². The van der Waals surface area contributed by atoms with Crippen molar-refractivity contribution >= 4 is 24.8 Å². The minimum Gasteiger partial charge on any atom is -0.490 e. The second-order valence-electron chi connectivity index (χ2n) is 9.80. The fraction of sp³-hybridized carbons (Fsp3) is 0.643. The van der Waals surface area contributed by atoms with Gasteiger partial charge in [-0.05, 0) is 76.1 Å². The minimum atomic E-state index is -0.0207. The van der Waals surface area contributed by atoms with Crippen LogP contribution < -0.4 is 14.8 Å². The van der Waals surface area contributed by atoms with Crippen LogP contribution >= 0.6 is 24.8 Å². The highest BCUT2D eigenvalue weighted by Gasteiger charge is 2.31. The van der Waals surface area contributed by atoms with Gasteiger partial charge in [0.25, 0.3) is 0 Å². The van der Waals surface area contributed by atoms with E-state index >= 15 is 0 Å².